The first-order chi connectivity index (χ1) is 7.60. The summed E-state index contributed by atoms with van der Waals surface area (Å²) in [5.74, 6) is -0.765. The summed E-state index contributed by atoms with van der Waals surface area (Å²) >= 11 is 0. The van der Waals surface area contributed by atoms with Crippen molar-refractivity contribution >= 4 is 5.69 Å². The first-order valence-electron chi connectivity index (χ1n) is 4.35. The van der Waals surface area contributed by atoms with Crippen molar-refractivity contribution in [3.63, 3.8) is 0 Å². The molecule has 0 heterocycles. The molecular formula is C11H8FN3O. The number of hydrogen-bond acceptors (Lipinski definition) is 4. The van der Waals surface area contributed by atoms with Gasteiger partial charge in [0.2, 0.25) is 0 Å². The highest BCUT2D eigenvalue weighted by molar-refractivity contribution is 5.61. The van der Waals surface area contributed by atoms with Crippen LogP contribution in [0.3, 0.4) is 0 Å². The Labute approximate surface area is 91.9 Å². The molecule has 0 saturated carbocycles. The smallest absolute Gasteiger partial charge is 0.145 e. The van der Waals surface area contributed by atoms with Crippen LogP contribution in [0.5, 0.6) is 5.75 Å². The summed E-state index contributed by atoms with van der Waals surface area (Å²) in [7, 11) is 0. The van der Waals surface area contributed by atoms with Gasteiger partial charge in [-0.1, -0.05) is 0 Å². The molecule has 0 unspecified atom stereocenters. The summed E-state index contributed by atoms with van der Waals surface area (Å²) in [6.45, 7) is 1.43. The molecule has 4 nitrogen and oxygen atoms in total. The summed E-state index contributed by atoms with van der Waals surface area (Å²) in [6.07, 6.45) is 1.15. The van der Waals surface area contributed by atoms with E-state index in [9.17, 15) is 9.50 Å². The molecule has 5 heteroatoms. The molecule has 0 spiro atoms. The van der Waals surface area contributed by atoms with Crippen molar-refractivity contribution in [2.45, 2.75) is 6.92 Å². The summed E-state index contributed by atoms with van der Waals surface area (Å²) in [6, 6.07) is 5.80. The van der Waals surface area contributed by atoms with Gasteiger partial charge in [-0.25, -0.2) is 4.39 Å². The number of benzene rings is 1. The molecule has 16 heavy (non-hydrogen) atoms. The van der Waals surface area contributed by atoms with E-state index in [0.717, 1.165) is 6.20 Å². The Kier molecular flexibility index (Phi) is 3.47. The maximum absolute atomic E-state index is 13.0. The zero-order valence-electron chi connectivity index (χ0n) is 8.45. The number of phenolic OH excluding ortho intramolecular Hbond substituents is 1. The van der Waals surface area contributed by atoms with E-state index in [1.165, 1.54) is 19.1 Å². The summed E-state index contributed by atoms with van der Waals surface area (Å²) in [4.78, 5) is 0. The third-order valence-electron chi connectivity index (χ3n) is 1.98. The van der Waals surface area contributed by atoms with Crippen molar-refractivity contribution < 1.29 is 9.50 Å². The van der Waals surface area contributed by atoms with Gasteiger partial charge in [0, 0.05) is 11.8 Å². The fourth-order valence-electron chi connectivity index (χ4n) is 1.03. The van der Waals surface area contributed by atoms with Crippen molar-refractivity contribution in [1.29, 1.82) is 10.5 Å². The summed E-state index contributed by atoms with van der Waals surface area (Å²) < 4.78 is 13.0. The van der Waals surface area contributed by atoms with Crippen molar-refractivity contribution in [2.75, 3.05) is 5.32 Å². The van der Waals surface area contributed by atoms with Crippen LogP contribution in [0.4, 0.5) is 10.1 Å². The van der Waals surface area contributed by atoms with Gasteiger partial charge in [-0.3, -0.25) is 0 Å². The van der Waals surface area contributed by atoms with Crippen LogP contribution in [0.2, 0.25) is 0 Å². The fraction of sp³-hybridized carbons (Fsp3) is 0.0909. The van der Waals surface area contributed by atoms with Crippen molar-refractivity contribution in [1.82, 2.24) is 0 Å². The lowest BCUT2D eigenvalue weighted by Gasteiger charge is -2.07. The van der Waals surface area contributed by atoms with Crippen LogP contribution in [0.15, 0.2) is 23.9 Å². The van der Waals surface area contributed by atoms with E-state index in [1.54, 1.807) is 12.1 Å². The van der Waals surface area contributed by atoms with Crippen LogP contribution in [-0.2, 0) is 0 Å². The lowest BCUT2D eigenvalue weighted by Crippen LogP contribution is -1.93. The van der Waals surface area contributed by atoms with E-state index in [1.807, 2.05) is 0 Å². The van der Waals surface area contributed by atoms with Gasteiger partial charge in [0.15, 0.2) is 0 Å². The van der Waals surface area contributed by atoms with Crippen LogP contribution in [0, 0.1) is 35.4 Å². The molecule has 0 aliphatic heterocycles. The minimum atomic E-state index is -0.521. The number of nitrogens with zero attached hydrogens (tertiary/aromatic N) is 2. The van der Waals surface area contributed by atoms with Gasteiger partial charge in [-0.05, 0) is 19.1 Å². The first kappa shape index (κ1) is 11.5. The molecule has 0 atom stereocenters. The molecule has 0 aliphatic carbocycles. The second kappa shape index (κ2) is 4.81. The molecule has 0 saturated heterocycles. The molecule has 0 bridgehead atoms. The number of nitriles is 2. The van der Waals surface area contributed by atoms with Gasteiger partial charge in [0.1, 0.15) is 29.3 Å². The highest BCUT2D eigenvalue weighted by atomic mass is 19.1. The Morgan fingerprint density at radius 3 is 2.62 bits per heavy atom. The standard InChI is InChI=1S/C11H8FN3O/c1-7-9(12)2-3-10(11(7)16)15-6-8(4-13)5-14/h2-3,6,15-16H,1H3. The monoisotopic (exact) mass is 217 g/mol. The van der Waals surface area contributed by atoms with Gasteiger partial charge in [-0.15, -0.1) is 0 Å². The van der Waals surface area contributed by atoms with Crippen LogP contribution in [0.25, 0.3) is 0 Å². The Morgan fingerprint density at radius 1 is 1.44 bits per heavy atom. The van der Waals surface area contributed by atoms with Gasteiger partial charge < -0.3 is 10.4 Å². The molecule has 1 rings (SSSR count). The lowest BCUT2D eigenvalue weighted by atomic mass is 10.2. The molecule has 0 aromatic heterocycles. The number of allylic oxidation sites excluding steroid dienone is 1. The molecule has 0 aliphatic rings. The number of aromatic hydroxyl groups is 1. The maximum atomic E-state index is 13.0. The molecule has 2 N–H and O–H groups in total. The Morgan fingerprint density at radius 2 is 2.06 bits per heavy atom. The van der Waals surface area contributed by atoms with E-state index < -0.39 is 5.82 Å². The zero-order chi connectivity index (χ0) is 12.1. The van der Waals surface area contributed by atoms with Crippen molar-refractivity contribution in [3.05, 3.63) is 35.3 Å². The minimum absolute atomic E-state index is 0.105. The Bertz CT molecular complexity index is 507. The molecule has 1 aromatic rings. The van der Waals surface area contributed by atoms with E-state index in [4.69, 9.17) is 10.5 Å². The van der Waals surface area contributed by atoms with Gasteiger partial charge >= 0.3 is 0 Å². The van der Waals surface area contributed by atoms with E-state index in [2.05, 4.69) is 5.32 Å². The SMILES string of the molecule is Cc1c(F)ccc(NC=C(C#N)C#N)c1O. The van der Waals surface area contributed by atoms with Crippen LogP contribution < -0.4 is 5.32 Å². The number of halogens is 1. The summed E-state index contributed by atoms with van der Waals surface area (Å²) in [5.41, 5.74) is 0.206. The normalized spacial score (nSPS) is 8.75. The van der Waals surface area contributed by atoms with Crippen LogP contribution >= 0.6 is 0 Å². The van der Waals surface area contributed by atoms with Crippen molar-refractivity contribution in [3.8, 4) is 17.9 Å². The third-order valence-corrected chi connectivity index (χ3v) is 1.98. The molecule has 1 aromatic carbocycles. The quantitative estimate of drug-likeness (QED) is 0.587. The Balaban J connectivity index is 3.02. The highest BCUT2D eigenvalue weighted by Crippen LogP contribution is 2.28. The van der Waals surface area contributed by atoms with Crippen molar-refractivity contribution in [2.24, 2.45) is 0 Å². The average Bonchev–Trinajstić information content (AvgIpc) is 2.30. The van der Waals surface area contributed by atoms with Gasteiger partial charge in [0.05, 0.1) is 5.69 Å². The molecular weight excluding hydrogens is 209 g/mol. The number of hydrogen-bond donors (Lipinski definition) is 2. The third kappa shape index (κ3) is 2.28. The minimum Gasteiger partial charge on any atom is -0.505 e. The summed E-state index contributed by atoms with van der Waals surface area (Å²) in [5, 5.41) is 29.0. The lowest BCUT2D eigenvalue weighted by molar-refractivity contribution is 0.465. The fourth-order valence-corrected chi connectivity index (χ4v) is 1.03. The maximum Gasteiger partial charge on any atom is 0.145 e. The zero-order valence-corrected chi connectivity index (χ0v) is 8.45. The highest BCUT2D eigenvalue weighted by Gasteiger charge is 2.07. The van der Waals surface area contributed by atoms with Gasteiger partial charge in [0.25, 0.3) is 0 Å². The topological polar surface area (TPSA) is 79.8 Å². The number of nitrogens with one attached hydrogen (secondary N) is 1. The molecule has 0 amide bonds. The second-order valence-electron chi connectivity index (χ2n) is 2.99. The average molecular weight is 217 g/mol. The van der Waals surface area contributed by atoms with E-state index >= 15 is 0 Å². The number of phenols is 1. The van der Waals surface area contributed by atoms with Crippen LogP contribution in [-0.4, -0.2) is 5.11 Å². The molecule has 80 valence electrons. The Hall–Kier alpha value is -2.53. The molecule has 0 fully saturated rings. The first-order valence-corrected chi connectivity index (χ1v) is 4.35. The number of anilines is 1. The predicted octanol–water partition coefficient (Wildman–Crippen LogP) is 2.18. The van der Waals surface area contributed by atoms with Gasteiger partial charge in [-0.2, -0.15) is 10.5 Å². The largest absolute Gasteiger partial charge is 0.505 e. The predicted molar refractivity (Wildman–Crippen MR) is 55.7 cm³/mol. The second-order valence-corrected chi connectivity index (χ2v) is 2.99. The van der Waals surface area contributed by atoms with E-state index in [0.29, 0.717) is 0 Å². The number of rotatable bonds is 2. The van der Waals surface area contributed by atoms with E-state index in [-0.39, 0.29) is 22.6 Å². The van der Waals surface area contributed by atoms with Crippen LogP contribution in [0.1, 0.15) is 5.56 Å². The molecule has 0 radical (unpaired) electrons.